The number of methoxy groups -OCH3 is 1. The van der Waals surface area contributed by atoms with E-state index >= 15 is 0 Å². The number of H-pyrrole nitrogens is 1. The van der Waals surface area contributed by atoms with Gasteiger partial charge in [-0.15, -0.1) is 0 Å². The molecular weight excluding hydrogens is 291 g/mol. The molecule has 0 amide bonds. The summed E-state index contributed by atoms with van der Waals surface area (Å²) in [6.45, 7) is 1.94. The Labute approximate surface area is 107 Å². The molecule has 2 rings (SSSR count). The lowest BCUT2D eigenvalue weighted by Crippen LogP contribution is -1.88. The zero-order valence-electron chi connectivity index (χ0n) is 8.84. The molecule has 1 aromatic heterocycles. The van der Waals surface area contributed by atoms with Gasteiger partial charge in [0, 0.05) is 16.3 Å². The quantitative estimate of drug-likeness (QED) is 0.916. The highest BCUT2D eigenvalue weighted by atomic mass is 79.9. The number of aromatic amines is 1. The largest absolute Gasteiger partial charge is 0.496 e. The van der Waals surface area contributed by atoms with E-state index in [0.29, 0.717) is 5.02 Å². The fraction of sp³-hybridized carbons (Fsp3) is 0.182. The van der Waals surface area contributed by atoms with Crippen molar-refractivity contribution in [2.75, 3.05) is 7.11 Å². The molecule has 0 unspecified atom stereocenters. The average Bonchev–Trinajstić information content (AvgIpc) is 2.60. The summed E-state index contributed by atoms with van der Waals surface area (Å²) >= 11 is 9.46. The summed E-state index contributed by atoms with van der Waals surface area (Å²) in [6.07, 6.45) is 0. The number of benzene rings is 1. The minimum atomic E-state index is 0.656. The molecule has 1 N–H and O–H groups in total. The van der Waals surface area contributed by atoms with E-state index in [2.05, 4.69) is 26.1 Å². The van der Waals surface area contributed by atoms with Crippen LogP contribution in [0.25, 0.3) is 11.3 Å². The topological polar surface area (TPSA) is 37.9 Å². The van der Waals surface area contributed by atoms with Crippen molar-refractivity contribution in [1.82, 2.24) is 10.2 Å². The number of aromatic nitrogens is 2. The first kappa shape index (κ1) is 11.5. The summed E-state index contributed by atoms with van der Waals surface area (Å²) in [5, 5.41) is 7.79. The van der Waals surface area contributed by atoms with Crippen molar-refractivity contribution in [1.29, 1.82) is 0 Å². The Morgan fingerprint density at radius 2 is 2.19 bits per heavy atom. The van der Waals surface area contributed by atoms with Gasteiger partial charge in [-0.1, -0.05) is 11.6 Å². The molecule has 0 aliphatic rings. The van der Waals surface area contributed by atoms with Crippen LogP contribution in [0.5, 0.6) is 5.75 Å². The zero-order chi connectivity index (χ0) is 11.7. The van der Waals surface area contributed by atoms with Crippen LogP contribution in [0.1, 0.15) is 5.69 Å². The summed E-state index contributed by atoms with van der Waals surface area (Å²) in [5.41, 5.74) is 2.64. The van der Waals surface area contributed by atoms with E-state index < -0.39 is 0 Å². The number of rotatable bonds is 2. The van der Waals surface area contributed by atoms with Crippen LogP contribution in [0.2, 0.25) is 5.02 Å². The predicted molar refractivity (Wildman–Crippen MR) is 68.0 cm³/mol. The summed E-state index contributed by atoms with van der Waals surface area (Å²) in [5.74, 6) is 0.747. The van der Waals surface area contributed by atoms with Crippen molar-refractivity contribution in [3.05, 3.63) is 33.4 Å². The van der Waals surface area contributed by atoms with Gasteiger partial charge < -0.3 is 4.74 Å². The summed E-state index contributed by atoms with van der Waals surface area (Å²) in [4.78, 5) is 0. The first-order chi connectivity index (χ1) is 7.63. The Morgan fingerprint density at radius 3 is 2.75 bits per heavy atom. The van der Waals surface area contributed by atoms with Gasteiger partial charge in [0.05, 0.1) is 11.6 Å². The normalized spacial score (nSPS) is 10.5. The van der Waals surface area contributed by atoms with Gasteiger partial charge in [0.15, 0.2) is 0 Å². The molecule has 0 fully saturated rings. The third-order valence-electron chi connectivity index (χ3n) is 2.29. The third kappa shape index (κ3) is 1.95. The molecule has 1 aromatic carbocycles. The first-order valence-electron chi connectivity index (χ1n) is 4.68. The van der Waals surface area contributed by atoms with Gasteiger partial charge in [0.1, 0.15) is 11.4 Å². The molecule has 84 valence electrons. The first-order valence-corrected chi connectivity index (χ1v) is 5.85. The Hall–Kier alpha value is -1.00. The molecule has 0 spiro atoms. The highest BCUT2D eigenvalue weighted by molar-refractivity contribution is 9.10. The maximum atomic E-state index is 5.97. The average molecular weight is 302 g/mol. The molecule has 0 bridgehead atoms. The molecule has 0 aliphatic heterocycles. The molecule has 0 atom stereocenters. The lowest BCUT2D eigenvalue weighted by atomic mass is 10.1. The van der Waals surface area contributed by atoms with E-state index in [4.69, 9.17) is 16.3 Å². The summed E-state index contributed by atoms with van der Waals surface area (Å²) < 4.78 is 6.21. The number of nitrogens with one attached hydrogen (secondary N) is 1. The van der Waals surface area contributed by atoms with Crippen molar-refractivity contribution in [3.8, 4) is 17.0 Å². The highest BCUT2D eigenvalue weighted by Gasteiger charge is 2.14. The van der Waals surface area contributed by atoms with Gasteiger partial charge >= 0.3 is 0 Å². The lowest BCUT2D eigenvalue weighted by molar-refractivity contribution is 0.416. The number of nitrogens with zero attached hydrogens (tertiary/aromatic N) is 1. The minimum absolute atomic E-state index is 0.656. The van der Waals surface area contributed by atoms with Gasteiger partial charge in [-0.2, -0.15) is 5.10 Å². The van der Waals surface area contributed by atoms with Gasteiger partial charge in [0.25, 0.3) is 0 Å². The van der Waals surface area contributed by atoms with Gasteiger partial charge in [-0.25, -0.2) is 0 Å². The van der Waals surface area contributed by atoms with Crippen molar-refractivity contribution < 1.29 is 4.74 Å². The van der Waals surface area contributed by atoms with Crippen LogP contribution in [0.15, 0.2) is 22.7 Å². The Bertz CT molecular complexity index is 525. The maximum absolute atomic E-state index is 5.97. The van der Waals surface area contributed by atoms with Crippen molar-refractivity contribution in [2.24, 2.45) is 0 Å². The number of halogens is 2. The zero-order valence-corrected chi connectivity index (χ0v) is 11.2. The molecule has 0 radical (unpaired) electrons. The molecular formula is C11H10BrClN2O. The van der Waals surface area contributed by atoms with E-state index in [1.807, 2.05) is 19.1 Å². The van der Waals surface area contributed by atoms with Crippen LogP contribution >= 0.6 is 27.5 Å². The van der Waals surface area contributed by atoms with E-state index in [-0.39, 0.29) is 0 Å². The fourth-order valence-electron chi connectivity index (χ4n) is 1.46. The smallest absolute Gasteiger partial charge is 0.128 e. The highest BCUT2D eigenvalue weighted by Crippen LogP contribution is 2.36. The van der Waals surface area contributed by atoms with E-state index in [9.17, 15) is 0 Å². The molecule has 2 aromatic rings. The summed E-state index contributed by atoms with van der Waals surface area (Å²) in [7, 11) is 1.63. The number of aryl methyl sites for hydroxylation is 1. The van der Waals surface area contributed by atoms with Crippen molar-refractivity contribution >= 4 is 27.5 Å². The second kappa shape index (κ2) is 4.47. The van der Waals surface area contributed by atoms with Gasteiger partial charge in [-0.3, -0.25) is 5.10 Å². The van der Waals surface area contributed by atoms with Gasteiger partial charge in [0.2, 0.25) is 0 Å². The van der Waals surface area contributed by atoms with E-state index in [1.165, 1.54) is 0 Å². The SMILES string of the molecule is COc1ccc(Cl)cc1-c1n[nH]c(C)c1Br. The summed E-state index contributed by atoms with van der Waals surface area (Å²) in [6, 6.07) is 5.45. The Balaban J connectivity index is 2.62. The fourth-order valence-corrected chi connectivity index (χ4v) is 2.02. The Kier molecular flexibility index (Phi) is 3.21. The third-order valence-corrected chi connectivity index (χ3v) is 3.49. The number of hydrogen-bond acceptors (Lipinski definition) is 2. The van der Waals surface area contributed by atoms with Crippen LogP contribution < -0.4 is 4.74 Å². The maximum Gasteiger partial charge on any atom is 0.128 e. The molecule has 1 heterocycles. The van der Waals surface area contributed by atoms with Crippen molar-refractivity contribution in [2.45, 2.75) is 6.92 Å². The molecule has 0 saturated carbocycles. The molecule has 0 saturated heterocycles. The van der Waals surface area contributed by atoms with Crippen LogP contribution in [0, 0.1) is 6.92 Å². The van der Waals surface area contributed by atoms with Crippen molar-refractivity contribution in [3.63, 3.8) is 0 Å². The standard InChI is InChI=1S/C11H10BrClN2O/c1-6-10(12)11(15-14-6)8-5-7(13)3-4-9(8)16-2/h3-5H,1-2H3,(H,14,15). The predicted octanol–water partition coefficient (Wildman–Crippen LogP) is 3.81. The molecule has 5 heteroatoms. The lowest BCUT2D eigenvalue weighted by Gasteiger charge is -2.06. The van der Waals surface area contributed by atoms with Crippen LogP contribution in [0.4, 0.5) is 0 Å². The van der Waals surface area contributed by atoms with Crippen LogP contribution in [-0.2, 0) is 0 Å². The van der Waals surface area contributed by atoms with E-state index in [1.54, 1.807) is 13.2 Å². The monoisotopic (exact) mass is 300 g/mol. The molecule has 3 nitrogen and oxygen atoms in total. The van der Waals surface area contributed by atoms with Crippen LogP contribution in [-0.4, -0.2) is 17.3 Å². The van der Waals surface area contributed by atoms with Crippen LogP contribution in [0.3, 0.4) is 0 Å². The number of hydrogen-bond donors (Lipinski definition) is 1. The Morgan fingerprint density at radius 1 is 1.44 bits per heavy atom. The second-order valence-corrected chi connectivity index (χ2v) is 4.59. The molecule has 0 aliphatic carbocycles. The minimum Gasteiger partial charge on any atom is -0.496 e. The van der Waals surface area contributed by atoms with E-state index in [0.717, 1.165) is 27.2 Å². The van der Waals surface area contributed by atoms with Gasteiger partial charge in [-0.05, 0) is 41.1 Å². The second-order valence-electron chi connectivity index (χ2n) is 3.36. The molecule has 16 heavy (non-hydrogen) atoms. The number of ether oxygens (including phenoxy) is 1.